The molecule has 1 amide bonds. The molecule has 1 N–H and O–H groups in total. The number of anilines is 1. The van der Waals surface area contributed by atoms with Crippen molar-refractivity contribution in [1.29, 1.82) is 0 Å². The van der Waals surface area contributed by atoms with E-state index in [9.17, 15) is 9.59 Å². The summed E-state index contributed by atoms with van der Waals surface area (Å²) >= 11 is 0. The van der Waals surface area contributed by atoms with E-state index in [0.29, 0.717) is 29.2 Å². The summed E-state index contributed by atoms with van der Waals surface area (Å²) in [7, 11) is 0. The second-order valence-corrected chi connectivity index (χ2v) is 7.66. The van der Waals surface area contributed by atoms with Gasteiger partial charge < -0.3 is 10.1 Å². The van der Waals surface area contributed by atoms with Crippen molar-refractivity contribution in [2.24, 2.45) is 0 Å². The molecule has 0 radical (unpaired) electrons. The van der Waals surface area contributed by atoms with Crippen LogP contribution >= 0.6 is 0 Å². The first kappa shape index (κ1) is 21.3. The normalized spacial score (nSPS) is 11.8. The molecule has 2 aromatic carbocycles. The molecule has 0 bridgehead atoms. The van der Waals surface area contributed by atoms with E-state index in [0.717, 1.165) is 11.1 Å². The van der Waals surface area contributed by atoms with Crippen LogP contribution in [0.4, 0.5) is 5.69 Å². The molecule has 0 spiro atoms. The highest BCUT2D eigenvalue weighted by Crippen LogP contribution is 2.27. The predicted octanol–water partition coefficient (Wildman–Crippen LogP) is 4.71. The lowest BCUT2D eigenvalue weighted by Gasteiger charge is -2.17. The minimum atomic E-state index is -0.255. The van der Waals surface area contributed by atoms with Gasteiger partial charge in [-0.1, -0.05) is 49.4 Å². The highest BCUT2D eigenvalue weighted by atomic mass is 16.5. The highest BCUT2D eigenvalue weighted by Gasteiger charge is 2.19. The molecule has 6 nitrogen and oxygen atoms in total. The highest BCUT2D eigenvalue weighted by molar-refractivity contribution is 5.97. The first-order chi connectivity index (χ1) is 15.5. The summed E-state index contributed by atoms with van der Waals surface area (Å²) in [5.74, 6) is 0.178. The quantitative estimate of drug-likeness (QED) is 0.463. The molecule has 4 aromatic rings. The average Bonchev–Trinajstić information content (AvgIpc) is 2.79. The number of aryl methyl sites for hydroxylation is 1. The molecule has 2 heterocycles. The summed E-state index contributed by atoms with van der Waals surface area (Å²) in [5.41, 5.74) is 3.52. The van der Waals surface area contributed by atoms with Gasteiger partial charge in [0.2, 0.25) is 5.91 Å². The number of fused-ring (bicyclic) bond motifs is 1. The first-order valence-electron chi connectivity index (χ1n) is 10.6. The van der Waals surface area contributed by atoms with E-state index in [-0.39, 0.29) is 24.0 Å². The van der Waals surface area contributed by atoms with Gasteiger partial charge >= 0.3 is 0 Å². The molecule has 6 heteroatoms. The zero-order chi connectivity index (χ0) is 22.5. The van der Waals surface area contributed by atoms with Crippen molar-refractivity contribution in [1.82, 2.24) is 9.38 Å². The number of para-hydroxylation sites is 2. The molecular weight excluding hydrogens is 402 g/mol. The number of pyridine rings is 1. The Morgan fingerprint density at radius 1 is 1.06 bits per heavy atom. The molecule has 4 rings (SSSR count). The van der Waals surface area contributed by atoms with E-state index < -0.39 is 0 Å². The van der Waals surface area contributed by atoms with Crippen molar-refractivity contribution in [3.63, 3.8) is 0 Å². The second kappa shape index (κ2) is 9.47. The second-order valence-electron chi connectivity index (χ2n) is 7.66. The summed E-state index contributed by atoms with van der Waals surface area (Å²) in [6.45, 7) is 4.06. The van der Waals surface area contributed by atoms with Crippen LogP contribution in [0.1, 0.15) is 36.1 Å². The number of ether oxygens (including phenoxy) is 1. The fraction of sp³-hybridized carbons (Fsp3) is 0.192. The molecule has 0 aliphatic carbocycles. The number of rotatable bonds is 7. The lowest BCUT2D eigenvalue weighted by Crippen LogP contribution is -2.21. The smallest absolute Gasteiger partial charge is 0.258 e. The first-order valence-corrected chi connectivity index (χ1v) is 10.6. The zero-order valence-electron chi connectivity index (χ0n) is 18.1. The van der Waals surface area contributed by atoms with Crippen molar-refractivity contribution in [3.05, 3.63) is 106 Å². The van der Waals surface area contributed by atoms with Gasteiger partial charge in [0, 0.05) is 12.3 Å². The van der Waals surface area contributed by atoms with Gasteiger partial charge in [-0.25, -0.2) is 4.98 Å². The summed E-state index contributed by atoms with van der Waals surface area (Å²) < 4.78 is 7.45. The Kier molecular flexibility index (Phi) is 6.31. The molecule has 1 atom stereocenters. The monoisotopic (exact) mass is 427 g/mol. The van der Waals surface area contributed by atoms with Crippen molar-refractivity contribution < 1.29 is 9.53 Å². The number of benzene rings is 2. The van der Waals surface area contributed by atoms with Gasteiger partial charge in [0.05, 0.1) is 17.3 Å². The van der Waals surface area contributed by atoms with Crippen molar-refractivity contribution in [2.45, 2.75) is 32.8 Å². The lowest BCUT2D eigenvalue weighted by atomic mass is 9.95. The van der Waals surface area contributed by atoms with Crippen LogP contribution in [0, 0.1) is 6.92 Å². The Morgan fingerprint density at radius 3 is 2.59 bits per heavy atom. The third-order valence-corrected chi connectivity index (χ3v) is 5.32. The van der Waals surface area contributed by atoms with Gasteiger partial charge in [-0.05, 0) is 48.7 Å². The largest absolute Gasteiger partial charge is 0.485 e. The van der Waals surface area contributed by atoms with E-state index in [2.05, 4.69) is 10.3 Å². The molecule has 0 saturated carbocycles. The standard InChI is InChI=1S/C26H25N3O3/c1-3-21(19-9-5-4-6-10-19)26(31)28-22-11-7-8-12-23(22)32-17-20-16-25(30)29-14-13-18(2)15-24(29)27-20/h4-16,21H,3,17H2,1-2H3,(H,28,31)/t21-/m0/s1. The lowest BCUT2D eigenvalue weighted by molar-refractivity contribution is -0.117. The number of nitrogens with one attached hydrogen (secondary N) is 1. The summed E-state index contributed by atoms with van der Waals surface area (Å²) in [6.07, 6.45) is 2.40. The van der Waals surface area contributed by atoms with Crippen molar-refractivity contribution in [3.8, 4) is 5.75 Å². The van der Waals surface area contributed by atoms with Gasteiger partial charge in [-0.2, -0.15) is 0 Å². The van der Waals surface area contributed by atoms with E-state index in [1.807, 2.05) is 68.4 Å². The maximum atomic E-state index is 13.0. The minimum absolute atomic E-state index is 0.0905. The Labute approximate surface area is 186 Å². The molecule has 0 saturated heterocycles. The topological polar surface area (TPSA) is 72.7 Å². The van der Waals surface area contributed by atoms with Crippen LogP contribution in [0.2, 0.25) is 0 Å². The maximum absolute atomic E-state index is 13.0. The van der Waals surface area contributed by atoms with Crippen LogP contribution in [-0.4, -0.2) is 15.3 Å². The van der Waals surface area contributed by atoms with E-state index in [1.54, 1.807) is 18.3 Å². The van der Waals surface area contributed by atoms with Gasteiger partial charge in [0.15, 0.2) is 0 Å². The number of aromatic nitrogens is 2. The molecule has 32 heavy (non-hydrogen) atoms. The van der Waals surface area contributed by atoms with E-state index in [1.165, 1.54) is 10.5 Å². The van der Waals surface area contributed by atoms with Crippen molar-refractivity contribution in [2.75, 3.05) is 5.32 Å². The number of hydrogen-bond donors (Lipinski definition) is 1. The predicted molar refractivity (Wildman–Crippen MR) is 125 cm³/mol. The van der Waals surface area contributed by atoms with Gasteiger partial charge in [-0.3, -0.25) is 14.0 Å². The fourth-order valence-electron chi connectivity index (χ4n) is 3.65. The van der Waals surface area contributed by atoms with E-state index >= 15 is 0 Å². The van der Waals surface area contributed by atoms with E-state index in [4.69, 9.17) is 4.74 Å². The number of amides is 1. The third kappa shape index (κ3) is 4.70. The summed E-state index contributed by atoms with van der Waals surface area (Å²) in [5, 5.41) is 2.99. The van der Waals surface area contributed by atoms with Gasteiger partial charge in [0.1, 0.15) is 18.0 Å². The zero-order valence-corrected chi connectivity index (χ0v) is 18.1. The van der Waals surface area contributed by atoms with Gasteiger partial charge in [0.25, 0.3) is 5.56 Å². The van der Waals surface area contributed by atoms with Gasteiger partial charge in [-0.15, -0.1) is 0 Å². The maximum Gasteiger partial charge on any atom is 0.258 e. The van der Waals surface area contributed by atoms with Crippen LogP contribution in [0.5, 0.6) is 5.75 Å². The molecular formula is C26H25N3O3. The average molecular weight is 428 g/mol. The Balaban J connectivity index is 1.52. The van der Waals surface area contributed by atoms with Crippen molar-refractivity contribution >= 4 is 17.2 Å². The summed E-state index contributed by atoms with van der Waals surface area (Å²) in [4.78, 5) is 29.9. The SMILES string of the molecule is CC[C@H](C(=O)Nc1ccccc1OCc1cc(=O)n2ccc(C)cc2n1)c1ccccc1. The molecule has 0 unspecified atom stereocenters. The van der Waals surface area contributed by atoms with Crippen LogP contribution in [0.15, 0.2) is 83.8 Å². The number of carbonyl (C=O) groups is 1. The molecule has 2 aromatic heterocycles. The molecule has 0 fully saturated rings. The fourth-order valence-corrected chi connectivity index (χ4v) is 3.65. The third-order valence-electron chi connectivity index (χ3n) is 5.32. The minimum Gasteiger partial charge on any atom is -0.485 e. The van der Waals surface area contributed by atoms with Crippen LogP contribution in [0.25, 0.3) is 5.65 Å². The number of nitrogens with zero attached hydrogens (tertiary/aromatic N) is 2. The molecule has 162 valence electrons. The molecule has 0 aliphatic rings. The van der Waals surface area contributed by atoms with Crippen LogP contribution in [0.3, 0.4) is 0 Å². The van der Waals surface area contributed by atoms with Crippen LogP contribution < -0.4 is 15.6 Å². The Bertz CT molecular complexity index is 1300. The molecule has 0 aliphatic heterocycles. The van der Waals surface area contributed by atoms with Crippen LogP contribution in [-0.2, 0) is 11.4 Å². The Morgan fingerprint density at radius 2 is 1.81 bits per heavy atom. The number of hydrogen-bond acceptors (Lipinski definition) is 4. The summed E-state index contributed by atoms with van der Waals surface area (Å²) in [6, 6.07) is 22.2. The Hall–Kier alpha value is -3.93. The number of carbonyl (C=O) groups excluding carboxylic acids is 1.